The summed E-state index contributed by atoms with van der Waals surface area (Å²) >= 11 is 0. The zero-order chi connectivity index (χ0) is 16.8. The minimum Gasteiger partial charge on any atom is -0.375 e. The first kappa shape index (κ1) is 20.7. The number of carbonyl (C=O) groups excluding carboxylic acids is 1. The van der Waals surface area contributed by atoms with Crippen LogP contribution in [0.15, 0.2) is 18.3 Å². The van der Waals surface area contributed by atoms with Crippen LogP contribution in [0.2, 0.25) is 0 Å². The minimum absolute atomic E-state index is 0. The zero-order valence-corrected chi connectivity index (χ0v) is 15.5. The van der Waals surface area contributed by atoms with Gasteiger partial charge >= 0.3 is 0 Å². The molecule has 1 amide bonds. The summed E-state index contributed by atoms with van der Waals surface area (Å²) in [5.74, 6) is 1.02. The van der Waals surface area contributed by atoms with E-state index in [1.807, 2.05) is 32.2 Å². The second-order valence-electron chi connectivity index (χ2n) is 6.28. The number of morpholine rings is 1. The van der Waals surface area contributed by atoms with Crippen LogP contribution in [0.25, 0.3) is 0 Å². The van der Waals surface area contributed by atoms with E-state index in [1.165, 1.54) is 0 Å². The van der Waals surface area contributed by atoms with Crippen molar-refractivity contribution in [3.8, 4) is 0 Å². The standard InChI is InChI=1S/C17H28N4O2.ClH/c1-4-12(2)16(18)17(22)20-10-14-5-6-15(19-9-14)21-7-8-23-13(3)11-21;/h5-6,9,12-13,16H,4,7-8,10-11,18H2,1-3H3,(H,20,22);1H. The molecule has 1 fully saturated rings. The second-order valence-corrected chi connectivity index (χ2v) is 6.28. The lowest BCUT2D eigenvalue weighted by atomic mass is 9.99. The Hall–Kier alpha value is -1.37. The molecule has 0 radical (unpaired) electrons. The Morgan fingerprint density at radius 1 is 1.54 bits per heavy atom. The fourth-order valence-electron chi connectivity index (χ4n) is 2.55. The van der Waals surface area contributed by atoms with Gasteiger partial charge in [0.1, 0.15) is 5.82 Å². The Morgan fingerprint density at radius 2 is 2.29 bits per heavy atom. The van der Waals surface area contributed by atoms with Crippen LogP contribution in [0.4, 0.5) is 5.82 Å². The highest BCUT2D eigenvalue weighted by atomic mass is 35.5. The topological polar surface area (TPSA) is 80.5 Å². The molecule has 3 N–H and O–H groups in total. The Bertz CT molecular complexity index is 512. The molecule has 24 heavy (non-hydrogen) atoms. The van der Waals surface area contributed by atoms with E-state index in [0.29, 0.717) is 6.54 Å². The average molecular weight is 357 g/mol. The number of nitrogens with zero attached hydrogens (tertiary/aromatic N) is 2. The number of nitrogens with two attached hydrogens (primary N) is 1. The summed E-state index contributed by atoms with van der Waals surface area (Å²) < 4.78 is 5.54. The van der Waals surface area contributed by atoms with Gasteiger partial charge in [-0.2, -0.15) is 0 Å². The number of amides is 1. The Kier molecular flexibility index (Phi) is 8.45. The van der Waals surface area contributed by atoms with Crippen LogP contribution in [0.3, 0.4) is 0 Å². The third-order valence-corrected chi connectivity index (χ3v) is 4.40. The molecule has 136 valence electrons. The van der Waals surface area contributed by atoms with Gasteiger partial charge in [0.15, 0.2) is 0 Å². The molecular weight excluding hydrogens is 328 g/mol. The molecule has 7 heteroatoms. The summed E-state index contributed by atoms with van der Waals surface area (Å²) in [5.41, 5.74) is 6.90. The van der Waals surface area contributed by atoms with Gasteiger partial charge in [-0.25, -0.2) is 4.98 Å². The molecule has 1 aliphatic rings. The number of anilines is 1. The second kappa shape index (κ2) is 9.81. The van der Waals surface area contributed by atoms with Crippen LogP contribution in [0.5, 0.6) is 0 Å². The van der Waals surface area contributed by atoms with Crippen LogP contribution < -0.4 is 16.0 Å². The van der Waals surface area contributed by atoms with Gasteiger partial charge in [0.25, 0.3) is 0 Å². The molecule has 1 aliphatic heterocycles. The number of ether oxygens (including phenoxy) is 1. The molecule has 2 rings (SSSR count). The van der Waals surface area contributed by atoms with Crippen molar-refractivity contribution in [2.45, 2.75) is 45.9 Å². The van der Waals surface area contributed by atoms with Gasteiger partial charge < -0.3 is 20.7 Å². The maximum absolute atomic E-state index is 12.0. The number of pyridine rings is 1. The summed E-state index contributed by atoms with van der Waals surface area (Å²) in [6.07, 6.45) is 2.93. The molecule has 1 aromatic heterocycles. The largest absolute Gasteiger partial charge is 0.375 e. The van der Waals surface area contributed by atoms with E-state index in [2.05, 4.69) is 22.1 Å². The highest BCUT2D eigenvalue weighted by Crippen LogP contribution is 2.15. The van der Waals surface area contributed by atoms with Crippen molar-refractivity contribution in [3.63, 3.8) is 0 Å². The minimum atomic E-state index is -0.456. The maximum atomic E-state index is 12.0. The lowest BCUT2D eigenvalue weighted by Crippen LogP contribution is -2.44. The maximum Gasteiger partial charge on any atom is 0.237 e. The predicted molar refractivity (Wildman–Crippen MR) is 98.4 cm³/mol. The highest BCUT2D eigenvalue weighted by molar-refractivity contribution is 5.85. The molecule has 3 unspecified atom stereocenters. The van der Waals surface area contributed by atoms with Crippen molar-refractivity contribution in [3.05, 3.63) is 23.9 Å². The SMILES string of the molecule is CCC(C)C(N)C(=O)NCc1ccc(N2CCOC(C)C2)nc1.Cl. The number of halogens is 1. The molecule has 3 atom stereocenters. The lowest BCUT2D eigenvalue weighted by Gasteiger charge is -2.32. The monoisotopic (exact) mass is 356 g/mol. The van der Waals surface area contributed by atoms with E-state index in [0.717, 1.165) is 37.5 Å². The van der Waals surface area contributed by atoms with Crippen LogP contribution in [-0.4, -0.2) is 42.7 Å². The number of carbonyl (C=O) groups is 1. The molecule has 0 bridgehead atoms. The average Bonchev–Trinajstić information content (AvgIpc) is 2.58. The van der Waals surface area contributed by atoms with E-state index in [1.54, 1.807) is 0 Å². The smallest absolute Gasteiger partial charge is 0.237 e. The number of hydrogen-bond acceptors (Lipinski definition) is 5. The van der Waals surface area contributed by atoms with Gasteiger partial charge in [-0.05, 0) is 24.5 Å². The highest BCUT2D eigenvalue weighted by Gasteiger charge is 2.19. The van der Waals surface area contributed by atoms with Crippen molar-refractivity contribution in [1.29, 1.82) is 0 Å². The number of aromatic nitrogens is 1. The van der Waals surface area contributed by atoms with E-state index in [4.69, 9.17) is 10.5 Å². The molecule has 0 saturated carbocycles. The lowest BCUT2D eigenvalue weighted by molar-refractivity contribution is -0.123. The van der Waals surface area contributed by atoms with Crippen molar-refractivity contribution in [1.82, 2.24) is 10.3 Å². The van der Waals surface area contributed by atoms with Crippen molar-refractivity contribution >= 4 is 24.1 Å². The normalized spacial score (nSPS) is 20.0. The zero-order valence-electron chi connectivity index (χ0n) is 14.7. The van der Waals surface area contributed by atoms with Gasteiger partial charge in [0.05, 0.1) is 18.8 Å². The van der Waals surface area contributed by atoms with Crippen LogP contribution in [0.1, 0.15) is 32.8 Å². The number of rotatable bonds is 6. The van der Waals surface area contributed by atoms with Crippen LogP contribution in [-0.2, 0) is 16.1 Å². The fourth-order valence-corrected chi connectivity index (χ4v) is 2.55. The van der Waals surface area contributed by atoms with Gasteiger partial charge in [0.2, 0.25) is 5.91 Å². The van der Waals surface area contributed by atoms with Crippen LogP contribution in [0, 0.1) is 5.92 Å². The molecular formula is C17H29ClN4O2. The first-order valence-corrected chi connectivity index (χ1v) is 8.36. The fraction of sp³-hybridized carbons (Fsp3) is 0.647. The first-order valence-electron chi connectivity index (χ1n) is 8.36. The molecule has 1 saturated heterocycles. The van der Waals surface area contributed by atoms with Gasteiger partial charge in [0, 0.05) is 25.8 Å². The summed E-state index contributed by atoms with van der Waals surface area (Å²) in [6.45, 7) is 8.99. The van der Waals surface area contributed by atoms with Gasteiger partial charge in [-0.1, -0.05) is 26.3 Å². The molecule has 2 heterocycles. The van der Waals surface area contributed by atoms with Crippen molar-refractivity contribution in [2.24, 2.45) is 11.7 Å². The van der Waals surface area contributed by atoms with E-state index in [9.17, 15) is 4.79 Å². The summed E-state index contributed by atoms with van der Waals surface area (Å²) in [4.78, 5) is 18.7. The van der Waals surface area contributed by atoms with E-state index < -0.39 is 6.04 Å². The molecule has 0 aliphatic carbocycles. The third-order valence-electron chi connectivity index (χ3n) is 4.40. The molecule has 1 aromatic rings. The molecule has 0 aromatic carbocycles. The van der Waals surface area contributed by atoms with Crippen molar-refractivity contribution in [2.75, 3.05) is 24.6 Å². The quantitative estimate of drug-likeness (QED) is 0.811. The Morgan fingerprint density at radius 3 is 2.88 bits per heavy atom. The molecule has 6 nitrogen and oxygen atoms in total. The van der Waals surface area contributed by atoms with Gasteiger partial charge in [-0.3, -0.25) is 4.79 Å². The van der Waals surface area contributed by atoms with Crippen molar-refractivity contribution < 1.29 is 9.53 Å². The third kappa shape index (κ3) is 5.61. The summed E-state index contributed by atoms with van der Waals surface area (Å²) in [5, 5.41) is 2.88. The molecule has 0 spiro atoms. The van der Waals surface area contributed by atoms with E-state index >= 15 is 0 Å². The summed E-state index contributed by atoms with van der Waals surface area (Å²) in [6, 6.07) is 3.54. The Labute approximate surface area is 150 Å². The van der Waals surface area contributed by atoms with E-state index in [-0.39, 0.29) is 30.3 Å². The first-order chi connectivity index (χ1) is 11.0. The van der Waals surface area contributed by atoms with Gasteiger partial charge in [-0.15, -0.1) is 12.4 Å². The Balaban J connectivity index is 0.00000288. The summed E-state index contributed by atoms with van der Waals surface area (Å²) in [7, 11) is 0. The predicted octanol–water partition coefficient (Wildman–Crippen LogP) is 1.72. The van der Waals surface area contributed by atoms with Crippen LogP contribution >= 0.6 is 12.4 Å². The number of hydrogen-bond donors (Lipinski definition) is 2. The number of nitrogens with one attached hydrogen (secondary N) is 1.